The van der Waals surface area contributed by atoms with Crippen LogP contribution in [0, 0.1) is 13.8 Å². The highest BCUT2D eigenvalue weighted by Gasteiger charge is 2.05. The van der Waals surface area contributed by atoms with E-state index in [-0.39, 0.29) is 24.8 Å². The molecule has 0 aliphatic heterocycles. The fourth-order valence-corrected chi connectivity index (χ4v) is 1.58. The largest absolute Gasteiger partial charge is 0.366 e. The first-order chi connectivity index (χ1) is 7.08. The van der Waals surface area contributed by atoms with Crippen molar-refractivity contribution in [3.8, 4) is 0 Å². The molecular weight excluding hydrogens is 261 g/mol. The summed E-state index contributed by atoms with van der Waals surface area (Å²) in [6, 6.07) is 5.19. The monoisotopic (exact) mass is 273 g/mol. The number of rotatable bonds is 1. The molecule has 1 amide bonds. The molecule has 0 atom stereocenters. The Hall–Kier alpha value is -1.39. The molecule has 0 aliphatic rings. The minimum Gasteiger partial charge on any atom is -0.366 e. The minimum absolute atomic E-state index is 0. The molecule has 92 valence electrons. The van der Waals surface area contributed by atoms with Crippen LogP contribution in [0.25, 0.3) is 10.9 Å². The van der Waals surface area contributed by atoms with E-state index in [0.29, 0.717) is 5.56 Å². The van der Waals surface area contributed by atoms with Crippen molar-refractivity contribution in [2.45, 2.75) is 13.8 Å². The van der Waals surface area contributed by atoms with Gasteiger partial charge in [-0.25, -0.2) is 9.97 Å². The summed E-state index contributed by atoms with van der Waals surface area (Å²) in [5.74, 6) is 0.295. The standard InChI is InChI=1S/C11H11N3O.2ClH/c1-6-9-5-8(11(12)15)3-4-10(9)14-7(2)13-6;;/h3-5H,1-2H3,(H2,12,15);2*1H. The summed E-state index contributed by atoms with van der Waals surface area (Å²) in [6.45, 7) is 3.73. The molecule has 17 heavy (non-hydrogen) atoms. The third kappa shape index (κ3) is 3.05. The molecule has 2 aromatic rings. The lowest BCUT2D eigenvalue weighted by Crippen LogP contribution is -2.10. The van der Waals surface area contributed by atoms with Gasteiger partial charge in [0.15, 0.2) is 0 Å². The highest BCUT2D eigenvalue weighted by atomic mass is 35.5. The molecule has 0 aliphatic carbocycles. The number of aromatic nitrogens is 2. The third-order valence-electron chi connectivity index (χ3n) is 2.28. The van der Waals surface area contributed by atoms with Crippen LogP contribution in [0.4, 0.5) is 0 Å². The zero-order valence-electron chi connectivity index (χ0n) is 9.43. The average molecular weight is 274 g/mol. The van der Waals surface area contributed by atoms with Crippen LogP contribution < -0.4 is 5.73 Å². The topological polar surface area (TPSA) is 68.9 Å². The number of carbonyl (C=O) groups is 1. The zero-order chi connectivity index (χ0) is 11.0. The van der Waals surface area contributed by atoms with Crippen LogP contribution in [0.1, 0.15) is 21.9 Å². The predicted molar refractivity (Wildman–Crippen MR) is 72.0 cm³/mol. The van der Waals surface area contributed by atoms with Gasteiger partial charge < -0.3 is 5.73 Å². The van der Waals surface area contributed by atoms with Gasteiger partial charge in [0.1, 0.15) is 5.82 Å². The number of hydrogen-bond acceptors (Lipinski definition) is 3. The number of benzene rings is 1. The summed E-state index contributed by atoms with van der Waals surface area (Å²) in [7, 11) is 0. The number of primary amides is 1. The molecule has 4 nitrogen and oxygen atoms in total. The van der Waals surface area contributed by atoms with E-state index >= 15 is 0 Å². The van der Waals surface area contributed by atoms with Gasteiger partial charge >= 0.3 is 0 Å². The summed E-state index contributed by atoms with van der Waals surface area (Å²) in [5.41, 5.74) is 7.39. The van der Waals surface area contributed by atoms with Crippen LogP contribution in [0.5, 0.6) is 0 Å². The lowest BCUT2D eigenvalue weighted by Gasteiger charge is -2.03. The van der Waals surface area contributed by atoms with Gasteiger partial charge in [0.25, 0.3) is 0 Å². The molecule has 2 rings (SSSR count). The Kier molecular flexibility index (Phi) is 5.32. The van der Waals surface area contributed by atoms with Crippen molar-refractivity contribution >= 4 is 41.6 Å². The smallest absolute Gasteiger partial charge is 0.248 e. The highest BCUT2D eigenvalue weighted by molar-refractivity contribution is 5.97. The minimum atomic E-state index is -0.433. The van der Waals surface area contributed by atoms with Crippen LogP contribution in [-0.4, -0.2) is 15.9 Å². The Morgan fingerprint density at radius 3 is 2.41 bits per heavy atom. The van der Waals surface area contributed by atoms with Crippen LogP contribution in [0.15, 0.2) is 18.2 Å². The number of hydrogen-bond donors (Lipinski definition) is 1. The molecule has 0 unspecified atom stereocenters. The molecule has 0 spiro atoms. The second-order valence-corrected chi connectivity index (χ2v) is 3.45. The molecule has 0 fully saturated rings. The molecular formula is C11H13Cl2N3O. The maximum Gasteiger partial charge on any atom is 0.248 e. The fraction of sp³-hybridized carbons (Fsp3) is 0.182. The van der Waals surface area contributed by atoms with Crippen molar-refractivity contribution in [2.24, 2.45) is 5.73 Å². The number of carbonyl (C=O) groups excluding carboxylic acids is 1. The lowest BCUT2D eigenvalue weighted by atomic mass is 10.1. The van der Waals surface area contributed by atoms with E-state index in [2.05, 4.69) is 9.97 Å². The third-order valence-corrected chi connectivity index (χ3v) is 2.28. The number of fused-ring (bicyclic) bond motifs is 1. The van der Waals surface area contributed by atoms with Gasteiger partial charge in [-0.15, -0.1) is 24.8 Å². The van der Waals surface area contributed by atoms with Crippen molar-refractivity contribution in [3.63, 3.8) is 0 Å². The molecule has 2 N–H and O–H groups in total. The van der Waals surface area contributed by atoms with E-state index in [1.807, 2.05) is 13.8 Å². The number of amides is 1. The SMILES string of the molecule is Cc1nc(C)c2cc(C(N)=O)ccc2n1.Cl.Cl. The summed E-state index contributed by atoms with van der Waals surface area (Å²) in [5, 5.41) is 0.872. The lowest BCUT2D eigenvalue weighted by molar-refractivity contribution is 0.100. The number of aryl methyl sites for hydroxylation is 2. The maximum atomic E-state index is 11.0. The van der Waals surface area contributed by atoms with Gasteiger partial charge in [-0.1, -0.05) is 0 Å². The Labute approximate surface area is 111 Å². The second kappa shape index (κ2) is 5.80. The number of halogens is 2. The fourth-order valence-electron chi connectivity index (χ4n) is 1.58. The van der Waals surface area contributed by atoms with Crippen LogP contribution >= 0.6 is 24.8 Å². The van der Waals surface area contributed by atoms with E-state index in [4.69, 9.17) is 5.73 Å². The Balaban J connectivity index is 0.00000128. The molecule has 1 heterocycles. The number of nitrogens with zero attached hydrogens (tertiary/aromatic N) is 2. The van der Waals surface area contributed by atoms with Crippen molar-refractivity contribution in [2.75, 3.05) is 0 Å². The van der Waals surface area contributed by atoms with Gasteiger partial charge in [0.05, 0.1) is 5.52 Å². The van der Waals surface area contributed by atoms with Gasteiger partial charge in [0, 0.05) is 16.6 Å². The van der Waals surface area contributed by atoms with E-state index in [1.54, 1.807) is 18.2 Å². The molecule has 1 aromatic heterocycles. The predicted octanol–water partition coefficient (Wildman–Crippen LogP) is 2.19. The van der Waals surface area contributed by atoms with Crippen LogP contribution in [0.2, 0.25) is 0 Å². The van der Waals surface area contributed by atoms with Crippen LogP contribution in [0.3, 0.4) is 0 Å². The van der Waals surface area contributed by atoms with E-state index in [9.17, 15) is 4.79 Å². The first-order valence-electron chi connectivity index (χ1n) is 4.63. The molecule has 0 radical (unpaired) electrons. The highest BCUT2D eigenvalue weighted by Crippen LogP contribution is 2.16. The van der Waals surface area contributed by atoms with E-state index in [1.165, 1.54) is 0 Å². The molecule has 0 saturated carbocycles. The van der Waals surface area contributed by atoms with Gasteiger partial charge in [-0.05, 0) is 32.0 Å². The Morgan fingerprint density at radius 1 is 1.18 bits per heavy atom. The molecule has 6 heteroatoms. The molecule has 0 saturated heterocycles. The van der Waals surface area contributed by atoms with Crippen LogP contribution in [-0.2, 0) is 0 Å². The van der Waals surface area contributed by atoms with Crippen molar-refractivity contribution in [1.82, 2.24) is 9.97 Å². The second-order valence-electron chi connectivity index (χ2n) is 3.45. The zero-order valence-corrected chi connectivity index (χ0v) is 11.1. The number of nitrogens with two attached hydrogens (primary N) is 1. The first-order valence-corrected chi connectivity index (χ1v) is 4.63. The summed E-state index contributed by atoms with van der Waals surface area (Å²) in [6.07, 6.45) is 0. The average Bonchev–Trinajstić information content (AvgIpc) is 2.16. The summed E-state index contributed by atoms with van der Waals surface area (Å²) >= 11 is 0. The van der Waals surface area contributed by atoms with E-state index in [0.717, 1.165) is 22.4 Å². The molecule has 0 bridgehead atoms. The molecule has 1 aromatic carbocycles. The van der Waals surface area contributed by atoms with Gasteiger partial charge in [-0.2, -0.15) is 0 Å². The normalized spacial score (nSPS) is 9.29. The quantitative estimate of drug-likeness (QED) is 0.866. The summed E-state index contributed by atoms with van der Waals surface area (Å²) in [4.78, 5) is 19.5. The van der Waals surface area contributed by atoms with Gasteiger partial charge in [0.2, 0.25) is 5.91 Å². The summed E-state index contributed by atoms with van der Waals surface area (Å²) < 4.78 is 0. The maximum absolute atomic E-state index is 11.0. The van der Waals surface area contributed by atoms with Crippen molar-refractivity contribution in [1.29, 1.82) is 0 Å². The first kappa shape index (κ1) is 15.6. The Bertz CT molecular complexity index is 558. The van der Waals surface area contributed by atoms with Crippen molar-refractivity contribution in [3.05, 3.63) is 35.3 Å². The van der Waals surface area contributed by atoms with Crippen molar-refractivity contribution < 1.29 is 4.79 Å². The Morgan fingerprint density at radius 2 is 1.82 bits per heavy atom. The van der Waals surface area contributed by atoms with Gasteiger partial charge in [-0.3, -0.25) is 4.79 Å². The van der Waals surface area contributed by atoms with E-state index < -0.39 is 5.91 Å².